The van der Waals surface area contributed by atoms with Crippen molar-refractivity contribution in [2.24, 2.45) is 0 Å². The summed E-state index contributed by atoms with van der Waals surface area (Å²) < 4.78 is 0. The largest absolute Gasteiger partial charge is 0.479 e. The van der Waals surface area contributed by atoms with Crippen LogP contribution < -0.4 is 5.32 Å². The van der Waals surface area contributed by atoms with Gasteiger partial charge in [0.05, 0.1) is 6.54 Å². The van der Waals surface area contributed by atoms with Crippen LogP contribution in [0.3, 0.4) is 0 Å². The first-order chi connectivity index (χ1) is 9.90. The summed E-state index contributed by atoms with van der Waals surface area (Å²) >= 11 is 1.66. The average Bonchev–Trinajstić information content (AvgIpc) is 3.01. The maximum atomic E-state index is 12.3. The molecule has 0 spiro atoms. The van der Waals surface area contributed by atoms with E-state index in [0.717, 1.165) is 11.3 Å². The van der Waals surface area contributed by atoms with Crippen molar-refractivity contribution in [2.45, 2.75) is 52.1 Å². The molecule has 0 aliphatic carbocycles. The number of thiophene rings is 1. The third kappa shape index (κ3) is 2.90. The highest BCUT2D eigenvalue weighted by atomic mass is 32.1. The van der Waals surface area contributed by atoms with Crippen LogP contribution in [-0.4, -0.2) is 34.1 Å². The Hall–Kier alpha value is -1.56. The Bertz CT molecular complexity index is 536. The fourth-order valence-corrected chi connectivity index (χ4v) is 3.90. The van der Waals surface area contributed by atoms with Gasteiger partial charge in [0.25, 0.3) is 0 Å². The zero-order valence-electron chi connectivity index (χ0n) is 12.7. The molecule has 116 valence electrons. The van der Waals surface area contributed by atoms with E-state index in [4.69, 9.17) is 0 Å². The molecule has 2 N–H and O–H groups in total. The smallest absolute Gasteiger partial charge is 0.329 e. The van der Waals surface area contributed by atoms with Crippen LogP contribution in [-0.2, 0) is 11.3 Å². The Morgan fingerprint density at radius 3 is 2.71 bits per heavy atom. The molecule has 1 saturated heterocycles. The number of carbonyl (C=O) groups is 2. The summed E-state index contributed by atoms with van der Waals surface area (Å²) in [4.78, 5) is 27.7. The predicted octanol–water partition coefficient (Wildman–Crippen LogP) is 2.90. The van der Waals surface area contributed by atoms with Crippen LogP contribution in [0.5, 0.6) is 0 Å². The molecule has 0 radical (unpaired) electrons. The van der Waals surface area contributed by atoms with Crippen molar-refractivity contribution in [3.05, 3.63) is 21.4 Å². The number of carbonyl (C=O) groups excluding carboxylic acids is 1. The molecule has 1 unspecified atom stereocenters. The Morgan fingerprint density at radius 2 is 2.19 bits per heavy atom. The molecule has 6 heteroatoms. The van der Waals surface area contributed by atoms with Gasteiger partial charge < -0.3 is 15.3 Å². The first kappa shape index (κ1) is 15.8. The lowest BCUT2D eigenvalue weighted by molar-refractivity contribution is -0.148. The number of rotatable bonds is 4. The minimum Gasteiger partial charge on any atom is -0.479 e. The summed E-state index contributed by atoms with van der Waals surface area (Å²) in [5.74, 6) is -0.902. The molecule has 1 atom stereocenters. The van der Waals surface area contributed by atoms with E-state index >= 15 is 0 Å². The van der Waals surface area contributed by atoms with Gasteiger partial charge in [-0.25, -0.2) is 9.59 Å². The number of carboxylic acid groups (broad SMARTS) is 1. The Kier molecular flexibility index (Phi) is 4.56. The first-order valence-corrected chi connectivity index (χ1v) is 8.07. The van der Waals surface area contributed by atoms with Crippen molar-refractivity contribution in [1.29, 1.82) is 0 Å². The number of aryl methyl sites for hydroxylation is 2. The summed E-state index contributed by atoms with van der Waals surface area (Å²) in [5.41, 5.74) is 0.185. The number of amides is 2. The van der Waals surface area contributed by atoms with Gasteiger partial charge in [0.15, 0.2) is 0 Å². The van der Waals surface area contributed by atoms with Gasteiger partial charge in [0, 0.05) is 16.3 Å². The average molecular weight is 310 g/mol. The summed E-state index contributed by atoms with van der Waals surface area (Å²) in [6.45, 7) is 6.89. The number of carboxylic acids is 1. The van der Waals surface area contributed by atoms with Gasteiger partial charge in [-0.15, -0.1) is 11.3 Å². The third-order valence-electron chi connectivity index (χ3n) is 4.35. The lowest BCUT2D eigenvalue weighted by Gasteiger charge is -2.33. The van der Waals surface area contributed by atoms with Gasteiger partial charge in [-0.2, -0.15) is 0 Å². The molecule has 21 heavy (non-hydrogen) atoms. The standard InChI is InChI=1S/C15H22N2O3S/c1-4-15(13(18)19)6-5-7-17(15)14(20)16-9-12-8-10(2)11(3)21-12/h8H,4-7,9H2,1-3H3,(H,16,20)(H,18,19). The van der Waals surface area contributed by atoms with Crippen molar-refractivity contribution >= 4 is 23.3 Å². The molecule has 2 amide bonds. The molecule has 2 heterocycles. The minimum absolute atomic E-state index is 0.277. The second kappa shape index (κ2) is 6.05. The highest BCUT2D eigenvalue weighted by Gasteiger charge is 2.48. The number of aliphatic carboxylic acids is 1. The van der Waals surface area contributed by atoms with E-state index in [1.165, 1.54) is 15.3 Å². The summed E-state index contributed by atoms with van der Waals surface area (Å²) in [5, 5.41) is 12.3. The zero-order valence-corrected chi connectivity index (χ0v) is 13.5. The summed E-state index contributed by atoms with van der Waals surface area (Å²) in [6, 6.07) is 1.79. The molecule has 5 nitrogen and oxygen atoms in total. The maximum absolute atomic E-state index is 12.3. The van der Waals surface area contributed by atoms with Gasteiger partial charge in [0.1, 0.15) is 5.54 Å². The van der Waals surface area contributed by atoms with E-state index in [0.29, 0.717) is 25.9 Å². The molecule has 1 aromatic rings. The predicted molar refractivity (Wildman–Crippen MR) is 82.6 cm³/mol. The van der Waals surface area contributed by atoms with Crippen LogP contribution in [0.25, 0.3) is 0 Å². The van der Waals surface area contributed by atoms with Crippen molar-refractivity contribution in [1.82, 2.24) is 10.2 Å². The highest BCUT2D eigenvalue weighted by Crippen LogP contribution is 2.32. The van der Waals surface area contributed by atoms with E-state index in [2.05, 4.69) is 18.3 Å². The van der Waals surface area contributed by atoms with Crippen molar-refractivity contribution < 1.29 is 14.7 Å². The lowest BCUT2D eigenvalue weighted by Crippen LogP contribution is -2.55. The second-order valence-corrected chi connectivity index (χ2v) is 6.90. The summed E-state index contributed by atoms with van der Waals surface area (Å²) in [6.07, 6.45) is 1.71. The second-order valence-electron chi connectivity index (χ2n) is 5.56. The molecular formula is C15H22N2O3S. The lowest BCUT2D eigenvalue weighted by atomic mass is 9.93. The molecule has 0 aromatic carbocycles. The highest BCUT2D eigenvalue weighted by molar-refractivity contribution is 7.12. The normalized spacial score (nSPS) is 21.6. The van der Waals surface area contributed by atoms with E-state index in [-0.39, 0.29) is 6.03 Å². The number of hydrogen-bond donors (Lipinski definition) is 2. The topological polar surface area (TPSA) is 69.6 Å². The van der Waals surface area contributed by atoms with Crippen molar-refractivity contribution in [3.63, 3.8) is 0 Å². The van der Waals surface area contributed by atoms with Gasteiger partial charge >= 0.3 is 12.0 Å². The van der Waals surface area contributed by atoms with Crippen LogP contribution >= 0.6 is 11.3 Å². The monoisotopic (exact) mass is 310 g/mol. The zero-order chi connectivity index (χ0) is 15.6. The molecule has 2 rings (SSSR count). The number of likely N-dealkylation sites (tertiary alicyclic amines) is 1. The molecular weight excluding hydrogens is 288 g/mol. The fraction of sp³-hybridized carbons (Fsp3) is 0.600. The van der Waals surface area contributed by atoms with Gasteiger partial charge in [-0.05, 0) is 44.7 Å². The molecule has 1 aromatic heterocycles. The van der Waals surface area contributed by atoms with E-state index in [9.17, 15) is 14.7 Å². The summed E-state index contributed by atoms with van der Waals surface area (Å²) in [7, 11) is 0. The minimum atomic E-state index is -1.04. The Labute approximate surface area is 129 Å². The SMILES string of the molecule is CCC1(C(=O)O)CCCN1C(=O)NCc1cc(C)c(C)s1. The van der Waals surface area contributed by atoms with Crippen molar-refractivity contribution in [2.75, 3.05) is 6.54 Å². The molecule has 1 aliphatic heterocycles. The molecule has 1 aliphatic rings. The fourth-order valence-electron chi connectivity index (χ4n) is 2.91. The third-order valence-corrected chi connectivity index (χ3v) is 5.50. The first-order valence-electron chi connectivity index (χ1n) is 7.25. The Morgan fingerprint density at radius 1 is 1.48 bits per heavy atom. The van der Waals surface area contributed by atoms with Gasteiger partial charge in [-0.3, -0.25) is 0 Å². The maximum Gasteiger partial charge on any atom is 0.329 e. The van der Waals surface area contributed by atoms with E-state index in [1.807, 2.05) is 13.8 Å². The van der Waals surface area contributed by atoms with Gasteiger partial charge in [-0.1, -0.05) is 6.92 Å². The van der Waals surface area contributed by atoms with Gasteiger partial charge in [0.2, 0.25) is 0 Å². The molecule has 0 saturated carbocycles. The number of hydrogen-bond acceptors (Lipinski definition) is 3. The molecule has 0 bridgehead atoms. The Balaban J connectivity index is 2.04. The number of nitrogens with zero attached hydrogens (tertiary/aromatic N) is 1. The molecule has 1 fully saturated rings. The van der Waals surface area contributed by atoms with Crippen molar-refractivity contribution in [3.8, 4) is 0 Å². The van der Waals surface area contributed by atoms with Crippen LogP contribution in [0.15, 0.2) is 6.07 Å². The van der Waals surface area contributed by atoms with Crippen LogP contribution in [0, 0.1) is 13.8 Å². The van der Waals surface area contributed by atoms with Crippen LogP contribution in [0.2, 0.25) is 0 Å². The number of urea groups is 1. The quantitative estimate of drug-likeness (QED) is 0.898. The van der Waals surface area contributed by atoms with E-state index < -0.39 is 11.5 Å². The van der Waals surface area contributed by atoms with E-state index in [1.54, 1.807) is 11.3 Å². The van der Waals surface area contributed by atoms with Crippen LogP contribution in [0.4, 0.5) is 4.79 Å². The van der Waals surface area contributed by atoms with Crippen LogP contribution in [0.1, 0.15) is 41.5 Å². The number of nitrogens with one attached hydrogen (secondary N) is 1.